The lowest BCUT2D eigenvalue weighted by atomic mass is 9.43. The van der Waals surface area contributed by atoms with Crippen molar-refractivity contribution in [3.63, 3.8) is 0 Å². The average molecular weight is 389 g/mol. The van der Waals surface area contributed by atoms with Gasteiger partial charge in [-0.2, -0.15) is 0 Å². The third kappa shape index (κ3) is 2.16. The highest BCUT2D eigenvalue weighted by atomic mass is 16.8. The molecule has 156 valence electrons. The van der Waals surface area contributed by atoms with E-state index in [0.29, 0.717) is 43.7 Å². The van der Waals surface area contributed by atoms with E-state index in [1.807, 2.05) is 0 Å². The predicted molar refractivity (Wildman–Crippen MR) is 106 cm³/mol. The van der Waals surface area contributed by atoms with Crippen molar-refractivity contribution in [2.75, 3.05) is 26.4 Å². The van der Waals surface area contributed by atoms with Gasteiger partial charge >= 0.3 is 0 Å². The van der Waals surface area contributed by atoms with Crippen LogP contribution in [0.3, 0.4) is 0 Å². The van der Waals surface area contributed by atoms with Crippen molar-refractivity contribution in [3.05, 3.63) is 12.2 Å². The van der Waals surface area contributed by atoms with Crippen LogP contribution in [0, 0.1) is 34.5 Å². The molecular formula is C24H36O4. The lowest BCUT2D eigenvalue weighted by Crippen LogP contribution is -2.62. The van der Waals surface area contributed by atoms with Gasteiger partial charge in [-0.25, -0.2) is 0 Å². The topological polar surface area (TPSA) is 36.9 Å². The normalized spacial score (nSPS) is 55.9. The fourth-order valence-corrected chi connectivity index (χ4v) is 8.86. The average Bonchev–Trinajstić information content (AvgIpc) is 2.86. The second-order valence-corrected chi connectivity index (χ2v) is 10.7. The molecule has 6 rings (SSSR count). The Morgan fingerprint density at radius 2 is 1.61 bits per heavy atom. The summed E-state index contributed by atoms with van der Waals surface area (Å²) in [5, 5.41) is 0. The van der Waals surface area contributed by atoms with Crippen LogP contribution < -0.4 is 0 Å². The van der Waals surface area contributed by atoms with E-state index in [-0.39, 0.29) is 11.7 Å². The van der Waals surface area contributed by atoms with Crippen LogP contribution in [0.4, 0.5) is 0 Å². The van der Waals surface area contributed by atoms with Gasteiger partial charge in [0.05, 0.1) is 31.8 Å². The summed E-state index contributed by atoms with van der Waals surface area (Å²) in [6.07, 6.45) is 11.2. The van der Waals surface area contributed by atoms with Crippen LogP contribution in [-0.4, -0.2) is 38.5 Å². The zero-order valence-corrected chi connectivity index (χ0v) is 17.4. The minimum atomic E-state index is -0.509. The van der Waals surface area contributed by atoms with Gasteiger partial charge in [0.1, 0.15) is 0 Å². The van der Waals surface area contributed by atoms with Gasteiger partial charge in [-0.15, -0.1) is 0 Å². The summed E-state index contributed by atoms with van der Waals surface area (Å²) in [4.78, 5) is 0. The highest BCUT2D eigenvalue weighted by Gasteiger charge is 2.73. The van der Waals surface area contributed by atoms with Crippen molar-refractivity contribution >= 4 is 0 Å². The molecule has 4 saturated carbocycles. The number of rotatable bonds is 0. The van der Waals surface area contributed by atoms with E-state index in [1.165, 1.54) is 44.1 Å². The Labute approximate surface area is 169 Å². The van der Waals surface area contributed by atoms with E-state index in [2.05, 4.69) is 6.92 Å². The quantitative estimate of drug-likeness (QED) is 0.565. The van der Waals surface area contributed by atoms with Crippen molar-refractivity contribution in [2.45, 2.75) is 76.8 Å². The monoisotopic (exact) mass is 388 g/mol. The van der Waals surface area contributed by atoms with Gasteiger partial charge in [-0.1, -0.05) is 31.9 Å². The van der Waals surface area contributed by atoms with Crippen molar-refractivity contribution in [2.24, 2.45) is 34.5 Å². The third-order valence-electron chi connectivity index (χ3n) is 9.97. The SMILES string of the molecule is C=C1C[C@H]2CCCC[C@]2(C)[C@H]2CC[C@]34C5OCCOC3(CC[C@H]4[C@H]12)OCCO5. The molecule has 2 bridgehead atoms. The van der Waals surface area contributed by atoms with Gasteiger partial charge in [0, 0.05) is 6.42 Å². The lowest BCUT2D eigenvalue weighted by molar-refractivity contribution is -0.316. The van der Waals surface area contributed by atoms with E-state index in [9.17, 15) is 0 Å². The number of hydrogen-bond acceptors (Lipinski definition) is 4. The molecule has 0 N–H and O–H groups in total. The van der Waals surface area contributed by atoms with E-state index in [4.69, 9.17) is 25.5 Å². The highest BCUT2D eigenvalue weighted by Crippen LogP contribution is 2.71. The molecular weight excluding hydrogens is 352 g/mol. The molecule has 6 fully saturated rings. The first-order valence-corrected chi connectivity index (χ1v) is 11.8. The van der Waals surface area contributed by atoms with E-state index in [0.717, 1.165) is 31.1 Å². The molecule has 6 atom stereocenters. The molecule has 4 heteroatoms. The van der Waals surface area contributed by atoms with Crippen molar-refractivity contribution in [1.29, 1.82) is 0 Å². The summed E-state index contributed by atoms with van der Waals surface area (Å²) < 4.78 is 25.7. The minimum absolute atomic E-state index is 0.165. The van der Waals surface area contributed by atoms with Crippen molar-refractivity contribution < 1.29 is 18.9 Å². The molecule has 4 aliphatic carbocycles. The molecule has 1 spiro atoms. The highest BCUT2D eigenvalue weighted by molar-refractivity contribution is 5.24. The van der Waals surface area contributed by atoms with Crippen LogP contribution in [0.25, 0.3) is 0 Å². The lowest BCUT2D eigenvalue weighted by Gasteiger charge is -2.62. The maximum atomic E-state index is 6.52. The zero-order chi connectivity index (χ0) is 19.0. The van der Waals surface area contributed by atoms with E-state index < -0.39 is 5.79 Å². The number of hydrogen-bond donors (Lipinski definition) is 0. The minimum Gasteiger partial charge on any atom is -0.349 e. The molecule has 2 aliphatic heterocycles. The Bertz CT molecular complexity index is 649. The van der Waals surface area contributed by atoms with Crippen LogP contribution in [0.1, 0.15) is 64.7 Å². The van der Waals surface area contributed by atoms with Crippen LogP contribution >= 0.6 is 0 Å². The summed E-state index contributed by atoms with van der Waals surface area (Å²) in [6, 6.07) is 0. The Balaban J connectivity index is 1.44. The fourth-order valence-electron chi connectivity index (χ4n) is 8.86. The maximum absolute atomic E-state index is 6.52. The van der Waals surface area contributed by atoms with Gasteiger partial charge in [0.25, 0.3) is 0 Å². The molecule has 0 aromatic heterocycles. The number of ether oxygens (including phenoxy) is 4. The molecule has 0 radical (unpaired) electrons. The molecule has 6 aliphatic rings. The molecule has 0 aromatic carbocycles. The first kappa shape index (κ1) is 18.4. The van der Waals surface area contributed by atoms with Crippen LogP contribution in [0.2, 0.25) is 0 Å². The second kappa shape index (κ2) is 6.29. The largest absolute Gasteiger partial charge is 0.349 e. The maximum Gasteiger partial charge on any atom is 0.179 e. The van der Waals surface area contributed by atoms with Gasteiger partial charge < -0.3 is 18.9 Å². The first-order valence-electron chi connectivity index (χ1n) is 11.8. The standard InChI is InChI=1S/C24H36O4/c1-16-15-17-5-3-4-8-22(17,2)18-6-9-23-19(20(16)18)7-10-24(23)27-13-11-25-21(23)26-12-14-28-24/h17-21H,1,3-15H2,2H3/t17-,18+,19+,20-,21?,22+,23+,24?/m1/s1. The van der Waals surface area contributed by atoms with Crippen LogP contribution in [0.15, 0.2) is 12.2 Å². The van der Waals surface area contributed by atoms with Crippen LogP contribution in [-0.2, 0) is 18.9 Å². The summed E-state index contributed by atoms with van der Waals surface area (Å²) in [6.45, 7) is 9.75. The fraction of sp³-hybridized carbons (Fsp3) is 0.917. The van der Waals surface area contributed by atoms with Crippen LogP contribution in [0.5, 0.6) is 0 Å². The molecule has 2 heterocycles. The summed E-state index contributed by atoms with van der Waals surface area (Å²) in [5.74, 6) is 2.18. The Hall–Kier alpha value is -0.420. The zero-order valence-electron chi connectivity index (χ0n) is 17.4. The molecule has 0 unspecified atom stereocenters. The molecule has 0 amide bonds. The number of fused-ring (bicyclic) bond motifs is 4. The van der Waals surface area contributed by atoms with Gasteiger partial charge in [0.15, 0.2) is 12.1 Å². The Morgan fingerprint density at radius 1 is 0.857 bits per heavy atom. The first-order chi connectivity index (χ1) is 13.6. The van der Waals surface area contributed by atoms with Crippen molar-refractivity contribution in [1.82, 2.24) is 0 Å². The molecule has 0 aromatic rings. The molecule has 4 nitrogen and oxygen atoms in total. The Morgan fingerprint density at radius 3 is 2.39 bits per heavy atom. The predicted octanol–water partition coefficient (Wildman–Crippen LogP) is 4.68. The second-order valence-electron chi connectivity index (χ2n) is 10.7. The molecule has 28 heavy (non-hydrogen) atoms. The third-order valence-corrected chi connectivity index (χ3v) is 9.97. The van der Waals surface area contributed by atoms with E-state index in [1.54, 1.807) is 0 Å². The van der Waals surface area contributed by atoms with Gasteiger partial charge in [-0.3, -0.25) is 0 Å². The van der Waals surface area contributed by atoms with Crippen molar-refractivity contribution in [3.8, 4) is 0 Å². The van der Waals surface area contributed by atoms with E-state index >= 15 is 0 Å². The summed E-state index contributed by atoms with van der Waals surface area (Å²) >= 11 is 0. The number of allylic oxidation sites excluding steroid dienone is 1. The smallest absolute Gasteiger partial charge is 0.179 e. The van der Waals surface area contributed by atoms with Gasteiger partial charge in [0.2, 0.25) is 0 Å². The van der Waals surface area contributed by atoms with Gasteiger partial charge in [-0.05, 0) is 67.6 Å². The molecule has 2 saturated heterocycles. The summed E-state index contributed by atoms with van der Waals surface area (Å²) in [5.41, 5.74) is 1.83. The summed E-state index contributed by atoms with van der Waals surface area (Å²) in [7, 11) is 0. The Kier molecular flexibility index (Phi) is 4.12.